The van der Waals surface area contributed by atoms with E-state index in [2.05, 4.69) is 10.1 Å². The zero-order chi connectivity index (χ0) is 25.1. The summed E-state index contributed by atoms with van der Waals surface area (Å²) in [6, 6.07) is 16.6. The Balaban J connectivity index is 1.99. The highest BCUT2D eigenvalue weighted by atomic mass is 32.1. The Morgan fingerprint density at radius 2 is 2.00 bits per heavy atom. The summed E-state index contributed by atoms with van der Waals surface area (Å²) < 4.78 is 19.9. The molecule has 1 aliphatic rings. The van der Waals surface area contributed by atoms with Gasteiger partial charge in [-0.15, -0.1) is 11.3 Å². The summed E-state index contributed by atoms with van der Waals surface area (Å²) in [6.45, 7) is 0.177. The highest BCUT2D eigenvalue weighted by Crippen LogP contribution is 2.36. The number of amides is 1. The first-order chi connectivity index (χ1) is 16.8. The number of ether oxygens (including phenoxy) is 1. The number of nitrogens with one attached hydrogen (secondary N) is 1. The largest absolute Gasteiger partial charge is 0.466 e. The molecule has 1 aliphatic heterocycles. The number of rotatable bonds is 5. The molecule has 0 spiro atoms. The molecule has 0 fully saturated rings. The average molecular weight is 491 g/mol. The van der Waals surface area contributed by atoms with Crippen molar-refractivity contribution in [3.63, 3.8) is 0 Å². The van der Waals surface area contributed by atoms with Gasteiger partial charge in [0.25, 0.3) is 11.5 Å². The van der Waals surface area contributed by atoms with Crippen molar-refractivity contribution in [2.75, 3.05) is 7.11 Å². The van der Waals surface area contributed by atoms with Gasteiger partial charge in [0.15, 0.2) is 0 Å². The zero-order valence-electron chi connectivity index (χ0n) is 18.4. The molecule has 0 aliphatic carbocycles. The summed E-state index contributed by atoms with van der Waals surface area (Å²) in [6.07, 6.45) is 0.994. The second kappa shape index (κ2) is 9.79. The molecule has 0 saturated heterocycles. The lowest BCUT2D eigenvalue weighted by Gasteiger charge is -2.25. The second-order valence-electron chi connectivity index (χ2n) is 7.56. The molecule has 4 rings (SSSR count). The average Bonchev–Trinajstić information content (AvgIpc) is 3.18. The maximum Gasteiger partial charge on any atom is 0.332 e. The van der Waals surface area contributed by atoms with Gasteiger partial charge in [-0.2, -0.15) is 5.26 Å². The van der Waals surface area contributed by atoms with Crippen molar-refractivity contribution >= 4 is 40.7 Å². The number of thiazole rings is 1. The van der Waals surface area contributed by atoms with Crippen molar-refractivity contribution in [1.29, 1.82) is 5.26 Å². The standard InChI is InChI=1S/C25H19FN4O4S/c1-34-19(31)11-18-24(33)30-22(28)17(12-27)20(15-8-5-9-16(26)10-15)21(25(30)35-18)23(32)29-13-14-6-3-2-4-7-14/h2-11,20H,13,28H2,1H3,(H,29,32)/b18-11-. The van der Waals surface area contributed by atoms with Crippen LogP contribution in [-0.2, 0) is 20.9 Å². The van der Waals surface area contributed by atoms with Gasteiger partial charge in [-0.05, 0) is 23.3 Å². The first kappa shape index (κ1) is 23.7. The number of nitrogens with two attached hydrogens (primary N) is 1. The molecule has 0 bridgehead atoms. The minimum Gasteiger partial charge on any atom is -0.466 e. The Kier molecular flexibility index (Phi) is 6.62. The van der Waals surface area contributed by atoms with Crippen LogP contribution in [0.25, 0.3) is 17.5 Å². The molecule has 0 saturated carbocycles. The number of benzene rings is 2. The van der Waals surface area contributed by atoms with Gasteiger partial charge in [-0.1, -0.05) is 42.5 Å². The fraction of sp³-hybridized carbons (Fsp3) is 0.120. The Bertz CT molecular complexity index is 1580. The number of halogens is 1. The lowest BCUT2D eigenvalue weighted by Crippen LogP contribution is -2.42. The van der Waals surface area contributed by atoms with E-state index >= 15 is 0 Å². The van der Waals surface area contributed by atoms with Gasteiger partial charge in [0.2, 0.25) is 0 Å². The summed E-state index contributed by atoms with van der Waals surface area (Å²) in [5.41, 5.74) is 6.67. The quantitative estimate of drug-likeness (QED) is 0.512. The molecule has 1 aromatic heterocycles. The maximum atomic E-state index is 14.1. The van der Waals surface area contributed by atoms with E-state index in [0.29, 0.717) is 5.56 Å². The lowest BCUT2D eigenvalue weighted by molar-refractivity contribution is -0.133. The third-order valence-corrected chi connectivity index (χ3v) is 6.55. The van der Waals surface area contributed by atoms with Crippen molar-refractivity contribution in [1.82, 2.24) is 9.88 Å². The van der Waals surface area contributed by atoms with Gasteiger partial charge in [0.1, 0.15) is 20.8 Å². The fourth-order valence-electron chi connectivity index (χ4n) is 3.83. The first-order valence-electron chi connectivity index (χ1n) is 10.4. The number of nitrogens with zero attached hydrogens (tertiary/aromatic N) is 2. The summed E-state index contributed by atoms with van der Waals surface area (Å²) in [5, 5.41) is 12.8. The van der Waals surface area contributed by atoms with E-state index in [4.69, 9.17) is 5.73 Å². The van der Waals surface area contributed by atoms with Crippen LogP contribution in [0.4, 0.5) is 4.39 Å². The van der Waals surface area contributed by atoms with Crippen LogP contribution in [-0.4, -0.2) is 23.6 Å². The number of hydrogen-bond acceptors (Lipinski definition) is 7. The minimum atomic E-state index is -1.03. The SMILES string of the molecule is COC(=O)/C=c1\sc2n(c1=O)C(N)=C(C#N)C(c1cccc(F)c1)C=2C(=O)NCc1ccccc1. The van der Waals surface area contributed by atoms with Crippen molar-refractivity contribution in [3.05, 3.63) is 96.7 Å². The van der Waals surface area contributed by atoms with Crippen LogP contribution in [0, 0.1) is 17.1 Å². The second-order valence-corrected chi connectivity index (χ2v) is 8.59. The van der Waals surface area contributed by atoms with Crippen LogP contribution in [0.1, 0.15) is 17.0 Å². The monoisotopic (exact) mass is 490 g/mol. The predicted octanol–water partition coefficient (Wildman–Crippen LogP) is 0.918. The first-order valence-corrected chi connectivity index (χ1v) is 11.2. The lowest BCUT2D eigenvalue weighted by atomic mass is 9.83. The number of carbonyl (C=O) groups is 2. The molecule has 1 amide bonds. The summed E-state index contributed by atoms with van der Waals surface area (Å²) >= 11 is 0.862. The Hall–Kier alpha value is -4.49. The van der Waals surface area contributed by atoms with Crippen LogP contribution in [0.3, 0.4) is 0 Å². The third kappa shape index (κ3) is 4.49. The molecule has 35 heavy (non-hydrogen) atoms. The van der Waals surface area contributed by atoms with Crippen LogP contribution in [0.15, 0.2) is 65.0 Å². The Labute approximate surface area is 202 Å². The molecule has 1 atom stereocenters. The molecule has 2 aromatic carbocycles. The molecule has 176 valence electrons. The van der Waals surface area contributed by atoms with Crippen LogP contribution in [0.2, 0.25) is 0 Å². The van der Waals surface area contributed by atoms with Gasteiger partial charge in [0.05, 0.1) is 30.2 Å². The van der Waals surface area contributed by atoms with Crippen molar-refractivity contribution in [2.45, 2.75) is 12.5 Å². The zero-order valence-corrected chi connectivity index (χ0v) is 19.3. The molecule has 10 heteroatoms. The number of esters is 1. The molecule has 3 N–H and O–H groups in total. The summed E-state index contributed by atoms with van der Waals surface area (Å²) in [5.74, 6) is -3.11. The molecule has 0 radical (unpaired) electrons. The molecular weight excluding hydrogens is 471 g/mol. The highest BCUT2D eigenvalue weighted by molar-refractivity contribution is 7.07. The van der Waals surface area contributed by atoms with E-state index in [0.717, 1.165) is 27.5 Å². The maximum absolute atomic E-state index is 14.1. The predicted molar refractivity (Wildman–Crippen MR) is 128 cm³/mol. The van der Waals surface area contributed by atoms with E-state index in [-0.39, 0.29) is 32.7 Å². The third-order valence-electron chi connectivity index (χ3n) is 5.44. The number of hydrogen-bond donors (Lipinski definition) is 2. The fourth-order valence-corrected chi connectivity index (χ4v) is 4.96. The Morgan fingerprint density at radius 1 is 1.26 bits per heavy atom. The summed E-state index contributed by atoms with van der Waals surface area (Å²) in [7, 11) is 1.17. The number of methoxy groups -OCH3 is 1. The molecular formula is C25H19FN4O4S. The van der Waals surface area contributed by atoms with E-state index in [9.17, 15) is 24.0 Å². The van der Waals surface area contributed by atoms with Crippen LogP contribution < -0.4 is 25.8 Å². The van der Waals surface area contributed by atoms with E-state index in [1.807, 2.05) is 36.4 Å². The summed E-state index contributed by atoms with van der Waals surface area (Å²) in [4.78, 5) is 38.4. The minimum absolute atomic E-state index is 0.0275. The van der Waals surface area contributed by atoms with E-state index in [1.165, 1.54) is 25.3 Å². The molecule has 2 heterocycles. The molecule has 8 nitrogen and oxygen atoms in total. The number of aromatic nitrogens is 1. The van der Waals surface area contributed by atoms with Gasteiger partial charge in [0, 0.05) is 12.6 Å². The van der Waals surface area contributed by atoms with Gasteiger partial charge < -0.3 is 15.8 Å². The Morgan fingerprint density at radius 3 is 2.66 bits per heavy atom. The smallest absolute Gasteiger partial charge is 0.332 e. The van der Waals surface area contributed by atoms with Crippen molar-refractivity contribution in [2.24, 2.45) is 5.73 Å². The number of carbonyl (C=O) groups excluding carboxylic acids is 2. The molecule has 3 aromatic rings. The van der Waals surface area contributed by atoms with Gasteiger partial charge >= 0.3 is 5.97 Å². The number of allylic oxidation sites excluding steroid dienone is 1. The topological polar surface area (TPSA) is 127 Å². The highest BCUT2D eigenvalue weighted by Gasteiger charge is 2.35. The van der Waals surface area contributed by atoms with Crippen LogP contribution in [0.5, 0.6) is 0 Å². The normalized spacial score (nSPS) is 15.4. The van der Waals surface area contributed by atoms with Gasteiger partial charge in [-0.3, -0.25) is 14.2 Å². The number of fused-ring (bicyclic) bond motifs is 1. The van der Waals surface area contributed by atoms with Gasteiger partial charge in [-0.25, -0.2) is 9.18 Å². The van der Waals surface area contributed by atoms with E-state index < -0.39 is 29.2 Å². The van der Waals surface area contributed by atoms with Crippen LogP contribution >= 0.6 is 11.3 Å². The van der Waals surface area contributed by atoms with Crippen molar-refractivity contribution < 1.29 is 18.7 Å². The molecule has 1 unspecified atom stereocenters. The van der Waals surface area contributed by atoms with E-state index in [1.54, 1.807) is 6.07 Å². The number of nitriles is 1. The van der Waals surface area contributed by atoms with Crippen molar-refractivity contribution in [3.8, 4) is 6.07 Å².